The van der Waals surface area contributed by atoms with E-state index in [1.54, 1.807) is 31.2 Å². The number of nitrogens with two attached hydrogens (primary N) is 1. The molecule has 0 aromatic heterocycles. The summed E-state index contributed by atoms with van der Waals surface area (Å²) >= 11 is 0. The Morgan fingerprint density at radius 2 is 1.75 bits per heavy atom. The van der Waals surface area contributed by atoms with Crippen LogP contribution in [0.1, 0.15) is 37.6 Å². The number of primary amides is 1. The zero-order valence-electron chi connectivity index (χ0n) is 12.3. The summed E-state index contributed by atoms with van der Waals surface area (Å²) in [6, 6.07) is 6.40. The molecule has 1 rings (SSSR count). The van der Waals surface area contributed by atoms with Crippen LogP contribution >= 0.6 is 0 Å². The highest BCUT2D eigenvalue weighted by molar-refractivity contribution is 5.93. The Balaban J connectivity index is 2.46. The number of anilines is 1. The van der Waals surface area contributed by atoms with Crippen molar-refractivity contribution in [3.63, 3.8) is 0 Å². The van der Waals surface area contributed by atoms with Crippen molar-refractivity contribution in [1.29, 1.82) is 0 Å². The smallest absolute Gasteiger partial charge is 0.248 e. The fourth-order valence-electron chi connectivity index (χ4n) is 1.68. The molecule has 4 N–H and O–H groups in total. The van der Waals surface area contributed by atoms with Gasteiger partial charge in [0.1, 0.15) is 6.04 Å². The molecular weight excluding hydrogens is 254 g/mol. The maximum atomic E-state index is 11.9. The van der Waals surface area contributed by atoms with Crippen LogP contribution in [0.2, 0.25) is 0 Å². The van der Waals surface area contributed by atoms with Gasteiger partial charge in [0.05, 0.1) is 0 Å². The molecule has 0 radical (unpaired) electrons. The first kappa shape index (κ1) is 16.0. The van der Waals surface area contributed by atoms with Crippen LogP contribution in [-0.2, 0) is 4.79 Å². The van der Waals surface area contributed by atoms with Gasteiger partial charge in [-0.3, -0.25) is 9.59 Å². The minimum absolute atomic E-state index is 0.0374. The lowest BCUT2D eigenvalue weighted by Crippen LogP contribution is -2.38. The van der Waals surface area contributed by atoms with E-state index in [4.69, 9.17) is 5.73 Å². The highest BCUT2D eigenvalue weighted by Gasteiger charge is 2.12. The summed E-state index contributed by atoms with van der Waals surface area (Å²) in [6.07, 6.45) is 0.964. The third-order valence-corrected chi connectivity index (χ3v) is 2.97. The van der Waals surface area contributed by atoms with Gasteiger partial charge in [0.2, 0.25) is 11.8 Å². The average molecular weight is 277 g/mol. The first-order valence-corrected chi connectivity index (χ1v) is 6.84. The molecule has 0 heterocycles. The standard InChI is InChI=1S/C15H23N3O2/c1-10(2)8-9-17-15(20)11(3)18-13-6-4-12(5-7-13)14(16)19/h4-7,10-11,18H,8-9H2,1-3H3,(H2,16,19)(H,17,20). The molecule has 0 bridgehead atoms. The molecule has 1 aromatic rings. The highest BCUT2D eigenvalue weighted by Crippen LogP contribution is 2.10. The molecule has 0 aliphatic heterocycles. The van der Waals surface area contributed by atoms with Crippen LogP contribution in [0.15, 0.2) is 24.3 Å². The van der Waals surface area contributed by atoms with Crippen LogP contribution in [-0.4, -0.2) is 24.4 Å². The van der Waals surface area contributed by atoms with E-state index in [2.05, 4.69) is 24.5 Å². The van der Waals surface area contributed by atoms with Crippen molar-refractivity contribution in [2.24, 2.45) is 11.7 Å². The highest BCUT2D eigenvalue weighted by atomic mass is 16.2. The normalized spacial score (nSPS) is 12.0. The minimum atomic E-state index is -0.462. The second-order valence-corrected chi connectivity index (χ2v) is 5.28. The summed E-state index contributed by atoms with van der Waals surface area (Å²) < 4.78 is 0. The van der Waals surface area contributed by atoms with Crippen molar-refractivity contribution in [1.82, 2.24) is 5.32 Å². The molecule has 0 spiro atoms. The number of hydrogen-bond donors (Lipinski definition) is 3. The Labute approximate surface area is 119 Å². The Kier molecular flexibility index (Phi) is 6.03. The van der Waals surface area contributed by atoms with E-state index < -0.39 is 5.91 Å². The van der Waals surface area contributed by atoms with Gasteiger partial charge in [-0.25, -0.2) is 0 Å². The Morgan fingerprint density at radius 3 is 2.25 bits per heavy atom. The number of hydrogen-bond acceptors (Lipinski definition) is 3. The van der Waals surface area contributed by atoms with Crippen molar-refractivity contribution in [2.75, 3.05) is 11.9 Å². The zero-order valence-corrected chi connectivity index (χ0v) is 12.3. The molecule has 0 saturated carbocycles. The van der Waals surface area contributed by atoms with Crippen LogP contribution in [0.3, 0.4) is 0 Å². The lowest BCUT2D eigenvalue weighted by atomic mass is 10.1. The van der Waals surface area contributed by atoms with E-state index in [9.17, 15) is 9.59 Å². The summed E-state index contributed by atoms with van der Waals surface area (Å²) in [5.41, 5.74) is 6.40. The number of rotatable bonds is 7. The molecule has 0 aliphatic carbocycles. The number of carbonyl (C=O) groups excluding carboxylic acids is 2. The van der Waals surface area contributed by atoms with Crippen LogP contribution in [0.25, 0.3) is 0 Å². The number of nitrogens with one attached hydrogen (secondary N) is 2. The monoisotopic (exact) mass is 277 g/mol. The van der Waals surface area contributed by atoms with Crippen LogP contribution < -0.4 is 16.4 Å². The molecule has 0 saturated heterocycles. The predicted molar refractivity (Wildman–Crippen MR) is 80.5 cm³/mol. The lowest BCUT2D eigenvalue weighted by Gasteiger charge is -2.16. The maximum Gasteiger partial charge on any atom is 0.248 e. The van der Waals surface area contributed by atoms with Gasteiger partial charge in [-0.2, -0.15) is 0 Å². The van der Waals surface area contributed by atoms with Crippen molar-refractivity contribution < 1.29 is 9.59 Å². The molecule has 1 atom stereocenters. The fraction of sp³-hybridized carbons (Fsp3) is 0.467. The van der Waals surface area contributed by atoms with Gasteiger partial charge in [0.15, 0.2) is 0 Å². The second-order valence-electron chi connectivity index (χ2n) is 5.28. The number of amides is 2. The van der Waals surface area contributed by atoms with E-state index in [0.717, 1.165) is 12.1 Å². The molecule has 0 fully saturated rings. The van der Waals surface area contributed by atoms with Crippen molar-refractivity contribution in [3.05, 3.63) is 29.8 Å². The molecule has 20 heavy (non-hydrogen) atoms. The second kappa shape index (κ2) is 7.53. The average Bonchev–Trinajstić information content (AvgIpc) is 2.38. The summed E-state index contributed by atoms with van der Waals surface area (Å²) in [4.78, 5) is 22.8. The van der Waals surface area contributed by atoms with Gasteiger partial charge in [-0.05, 0) is 43.5 Å². The van der Waals surface area contributed by atoms with Gasteiger partial charge in [-0.15, -0.1) is 0 Å². The summed E-state index contributed by atoms with van der Waals surface area (Å²) in [5.74, 6) is 0.0700. The molecule has 110 valence electrons. The lowest BCUT2D eigenvalue weighted by molar-refractivity contribution is -0.121. The molecule has 0 aliphatic rings. The first-order valence-electron chi connectivity index (χ1n) is 6.84. The topological polar surface area (TPSA) is 84.2 Å². The van der Waals surface area contributed by atoms with Gasteiger partial charge in [0.25, 0.3) is 0 Å². The van der Waals surface area contributed by atoms with Crippen LogP contribution in [0, 0.1) is 5.92 Å². The first-order chi connectivity index (χ1) is 9.40. The minimum Gasteiger partial charge on any atom is -0.374 e. The molecule has 1 unspecified atom stereocenters. The largest absolute Gasteiger partial charge is 0.374 e. The predicted octanol–water partition coefficient (Wildman–Crippen LogP) is 1.75. The Morgan fingerprint density at radius 1 is 1.15 bits per heavy atom. The summed E-state index contributed by atoms with van der Waals surface area (Å²) in [7, 11) is 0. The van der Waals surface area contributed by atoms with E-state index >= 15 is 0 Å². The summed E-state index contributed by atoms with van der Waals surface area (Å²) in [5, 5.41) is 5.97. The molecule has 1 aromatic carbocycles. The quantitative estimate of drug-likeness (QED) is 0.710. The van der Waals surface area contributed by atoms with Gasteiger partial charge >= 0.3 is 0 Å². The van der Waals surface area contributed by atoms with E-state index in [-0.39, 0.29) is 11.9 Å². The molecule has 2 amide bonds. The van der Waals surface area contributed by atoms with Crippen LogP contribution in [0.4, 0.5) is 5.69 Å². The van der Waals surface area contributed by atoms with Crippen molar-refractivity contribution in [2.45, 2.75) is 33.2 Å². The number of carbonyl (C=O) groups is 2. The summed E-state index contributed by atoms with van der Waals surface area (Å²) in [6.45, 7) is 6.72. The van der Waals surface area contributed by atoms with E-state index in [1.807, 2.05) is 0 Å². The third-order valence-electron chi connectivity index (χ3n) is 2.97. The van der Waals surface area contributed by atoms with Crippen molar-refractivity contribution >= 4 is 17.5 Å². The number of benzene rings is 1. The fourth-order valence-corrected chi connectivity index (χ4v) is 1.68. The van der Waals surface area contributed by atoms with Crippen molar-refractivity contribution in [3.8, 4) is 0 Å². The van der Waals surface area contributed by atoms with Crippen LogP contribution in [0.5, 0.6) is 0 Å². The molecule has 5 heteroatoms. The van der Waals surface area contributed by atoms with E-state index in [0.29, 0.717) is 18.0 Å². The molecule has 5 nitrogen and oxygen atoms in total. The maximum absolute atomic E-state index is 11.9. The van der Waals surface area contributed by atoms with Gasteiger partial charge in [-0.1, -0.05) is 13.8 Å². The van der Waals surface area contributed by atoms with Gasteiger partial charge < -0.3 is 16.4 Å². The van der Waals surface area contributed by atoms with Gasteiger partial charge in [0, 0.05) is 17.8 Å². The Bertz CT molecular complexity index is 455. The van der Waals surface area contributed by atoms with E-state index in [1.165, 1.54) is 0 Å². The molecular formula is C15H23N3O2. The SMILES string of the molecule is CC(C)CCNC(=O)C(C)Nc1ccc(C(N)=O)cc1. The zero-order chi connectivity index (χ0) is 15.1. The Hall–Kier alpha value is -2.04. The third kappa shape index (κ3) is 5.30.